The zero-order valence-corrected chi connectivity index (χ0v) is 12.0. The van der Waals surface area contributed by atoms with Crippen molar-refractivity contribution >= 4 is 45.5 Å². The van der Waals surface area contributed by atoms with Crippen molar-refractivity contribution in [2.24, 2.45) is 10.2 Å². The molecule has 3 rings (SSSR count). The summed E-state index contributed by atoms with van der Waals surface area (Å²) in [6.45, 7) is 0. The minimum Gasteiger partial charge on any atom is -0.493 e. The van der Waals surface area contributed by atoms with Gasteiger partial charge in [0.2, 0.25) is 5.88 Å². The number of rotatable bonds is 2. The molecule has 106 valence electrons. The molecule has 7 heteroatoms. The van der Waals surface area contributed by atoms with E-state index in [9.17, 15) is 9.50 Å². The second kappa shape index (κ2) is 5.35. The van der Waals surface area contributed by atoms with Crippen molar-refractivity contribution < 1.29 is 9.50 Å². The van der Waals surface area contributed by atoms with Crippen LogP contribution in [0.2, 0.25) is 10.0 Å². The largest absolute Gasteiger partial charge is 0.493 e. The minimum atomic E-state index is -0.428. The first-order chi connectivity index (χ1) is 10.0. The fraction of sp³-hybridized carbons (Fsp3) is 0. The molecule has 0 bridgehead atoms. The van der Waals surface area contributed by atoms with Gasteiger partial charge < -0.3 is 10.1 Å². The van der Waals surface area contributed by atoms with Gasteiger partial charge >= 0.3 is 0 Å². The fourth-order valence-corrected chi connectivity index (χ4v) is 2.35. The lowest BCUT2D eigenvalue weighted by Crippen LogP contribution is -1.72. The quantitative estimate of drug-likeness (QED) is 0.581. The van der Waals surface area contributed by atoms with Gasteiger partial charge in [-0.15, -0.1) is 10.2 Å². The Morgan fingerprint density at radius 1 is 1.05 bits per heavy atom. The van der Waals surface area contributed by atoms with Crippen molar-refractivity contribution in [1.29, 1.82) is 0 Å². The fourth-order valence-electron chi connectivity index (χ4n) is 1.90. The molecule has 0 unspecified atom stereocenters. The third-order valence-corrected chi connectivity index (χ3v) is 3.42. The van der Waals surface area contributed by atoms with Crippen LogP contribution in [0, 0.1) is 5.82 Å². The summed E-state index contributed by atoms with van der Waals surface area (Å²) in [6.07, 6.45) is 0. The number of aromatic amines is 1. The van der Waals surface area contributed by atoms with E-state index in [-0.39, 0.29) is 11.6 Å². The Kier molecular flexibility index (Phi) is 3.53. The molecule has 21 heavy (non-hydrogen) atoms. The molecular weight excluding hydrogens is 316 g/mol. The summed E-state index contributed by atoms with van der Waals surface area (Å²) in [5.41, 5.74) is 1.10. The normalized spacial score (nSPS) is 11.6. The molecule has 0 aliphatic rings. The van der Waals surface area contributed by atoms with E-state index in [1.807, 2.05) is 0 Å². The highest BCUT2D eigenvalue weighted by molar-refractivity contribution is 6.36. The Morgan fingerprint density at radius 3 is 2.62 bits per heavy atom. The molecule has 0 atom stereocenters. The van der Waals surface area contributed by atoms with Crippen molar-refractivity contribution in [1.82, 2.24) is 4.98 Å². The summed E-state index contributed by atoms with van der Waals surface area (Å²) in [6, 6.07) is 8.82. The van der Waals surface area contributed by atoms with Crippen LogP contribution < -0.4 is 0 Å². The first kappa shape index (κ1) is 13.9. The van der Waals surface area contributed by atoms with Crippen LogP contribution in [-0.4, -0.2) is 10.1 Å². The Hall–Kier alpha value is -2.11. The Bertz CT molecular complexity index is 861. The van der Waals surface area contributed by atoms with E-state index in [1.54, 1.807) is 12.1 Å². The highest BCUT2D eigenvalue weighted by atomic mass is 35.5. The van der Waals surface area contributed by atoms with Gasteiger partial charge in [0, 0.05) is 10.4 Å². The number of aromatic hydroxyl groups is 1. The van der Waals surface area contributed by atoms with Crippen LogP contribution in [-0.2, 0) is 0 Å². The van der Waals surface area contributed by atoms with Crippen LogP contribution in [0.5, 0.6) is 5.88 Å². The van der Waals surface area contributed by atoms with Crippen molar-refractivity contribution in [2.45, 2.75) is 0 Å². The lowest BCUT2D eigenvalue weighted by molar-refractivity contribution is 0.459. The average Bonchev–Trinajstić information content (AvgIpc) is 2.73. The van der Waals surface area contributed by atoms with E-state index >= 15 is 0 Å². The van der Waals surface area contributed by atoms with Gasteiger partial charge in [0.25, 0.3) is 0 Å². The summed E-state index contributed by atoms with van der Waals surface area (Å²) in [4.78, 5) is 2.70. The Balaban J connectivity index is 2.06. The highest BCUT2D eigenvalue weighted by Gasteiger charge is 2.11. The van der Waals surface area contributed by atoms with E-state index in [4.69, 9.17) is 23.2 Å². The van der Waals surface area contributed by atoms with Crippen LogP contribution in [0.4, 0.5) is 15.8 Å². The molecule has 2 N–H and O–H groups in total. The molecule has 0 saturated heterocycles. The van der Waals surface area contributed by atoms with Crippen molar-refractivity contribution in [3.8, 4) is 5.88 Å². The second-order valence-electron chi connectivity index (χ2n) is 4.31. The van der Waals surface area contributed by atoms with E-state index < -0.39 is 5.82 Å². The molecule has 0 saturated carbocycles. The number of H-pyrrole nitrogens is 1. The van der Waals surface area contributed by atoms with E-state index in [0.717, 1.165) is 0 Å². The molecule has 2 aromatic carbocycles. The number of halogens is 3. The molecule has 0 radical (unpaired) electrons. The minimum absolute atomic E-state index is 0.149. The second-order valence-corrected chi connectivity index (χ2v) is 5.15. The van der Waals surface area contributed by atoms with Gasteiger partial charge in [-0.25, -0.2) is 4.39 Å². The zero-order valence-electron chi connectivity index (χ0n) is 10.4. The summed E-state index contributed by atoms with van der Waals surface area (Å²) in [5.74, 6) is -0.619. The summed E-state index contributed by atoms with van der Waals surface area (Å²) in [5, 5.41) is 19.0. The topological polar surface area (TPSA) is 60.7 Å². The molecule has 1 heterocycles. The SMILES string of the molecule is Oc1[nH]c2ccc(F)cc2c1N=Nc1ccc(Cl)cc1Cl. The van der Waals surface area contributed by atoms with Gasteiger partial charge in [0.15, 0.2) is 5.69 Å². The van der Waals surface area contributed by atoms with Crippen LogP contribution in [0.1, 0.15) is 0 Å². The number of nitrogens with zero attached hydrogens (tertiary/aromatic N) is 2. The molecular formula is C14H8Cl2FN3O. The number of azo groups is 1. The van der Waals surface area contributed by atoms with Crippen molar-refractivity contribution in [2.75, 3.05) is 0 Å². The van der Waals surface area contributed by atoms with Crippen LogP contribution in [0.25, 0.3) is 10.9 Å². The van der Waals surface area contributed by atoms with Gasteiger partial charge in [0.1, 0.15) is 11.5 Å². The van der Waals surface area contributed by atoms with Gasteiger partial charge in [-0.05, 0) is 36.4 Å². The number of benzene rings is 2. The number of hydrogen-bond donors (Lipinski definition) is 2. The maximum absolute atomic E-state index is 13.3. The zero-order chi connectivity index (χ0) is 15.0. The molecule has 0 amide bonds. The van der Waals surface area contributed by atoms with Crippen LogP contribution in [0.3, 0.4) is 0 Å². The van der Waals surface area contributed by atoms with Crippen LogP contribution >= 0.6 is 23.2 Å². The lowest BCUT2D eigenvalue weighted by Gasteiger charge is -1.97. The Labute approximate surface area is 128 Å². The van der Waals surface area contributed by atoms with Gasteiger partial charge in [-0.1, -0.05) is 23.2 Å². The number of aromatic nitrogens is 1. The lowest BCUT2D eigenvalue weighted by atomic mass is 10.2. The summed E-state index contributed by atoms with van der Waals surface area (Å²) in [7, 11) is 0. The third-order valence-electron chi connectivity index (χ3n) is 2.88. The predicted octanol–water partition coefficient (Wildman–Crippen LogP) is 5.73. The summed E-state index contributed by atoms with van der Waals surface area (Å²) >= 11 is 11.8. The molecule has 0 aliphatic heterocycles. The molecule has 4 nitrogen and oxygen atoms in total. The van der Waals surface area contributed by atoms with Gasteiger partial charge in [-0.2, -0.15) is 0 Å². The van der Waals surface area contributed by atoms with E-state index in [2.05, 4.69) is 15.2 Å². The molecule has 1 aromatic heterocycles. The maximum Gasteiger partial charge on any atom is 0.218 e. The third kappa shape index (κ3) is 2.70. The van der Waals surface area contributed by atoms with Crippen LogP contribution in [0.15, 0.2) is 46.6 Å². The van der Waals surface area contributed by atoms with Crippen molar-refractivity contribution in [3.05, 3.63) is 52.3 Å². The average molecular weight is 324 g/mol. The number of nitrogens with one attached hydrogen (secondary N) is 1. The maximum atomic E-state index is 13.3. The molecule has 0 fully saturated rings. The van der Waals surface area contributed by atoms with E-state index in [0.29, 0.717) is 26.6 Å². The van der Waals surface area contributed by atoms with Gasteiger partial charge in [-0.3, -0.25) is 0 Å². The number of fused-ring (bicyclic) bond motifs is 1. The molecule has 0 aliphatic carbocycles. The Morgan fingerprint density at radius 2 is 1.86 bits per heavy atom. The number of hydrogen-bond acceptors (Lipinski definition) is 3. The smallest absolute Gasteiger partial charge is 0.218 e. The molecule has 3 aromatic rings. The standard InChI is InChI=1S/C14H8Cl2FN3O/c15-7-1-3-12(10(16)5-7)19-20-13-9-6-8(17)2-4-11(9)18-14(13)21/h1-6,18,21H. The van der Waals surface area contributed by atoms with Gasteiger partial charge in [0.05, 0.1) is 10.5 Å². The predicted molar refractivity (Wildman–Crippen MR) is 80.6 cm³/mol. The summed E-state index contributed by atoms with van der Waals surface area (Å²) < 4.78 is 13.3. The van der Waals surface area contributed by atoms with E-state index in [1.165, 1.54) is 24.3 Å². The highest BCUT2D eigenvalue weighted by Crippen LogP contribution is 2.37. The van der Waals surface area contributed by atoms with Crippen molar-refractivity contribution in [3.63, 3.8) is 0 Å². The molecule has 0 spiro atoms. The first-order valence-corrected chi connectivity index (χ1v) is 6.67. The monoisotopic (exact) mass is 323 g/mol. The first-order valence-electron chi connectivity index (χ1n) is 5.91.